The number of halogens is 4. The largest absolute Gasteiger partial charge is 0.417 e. The molecular weight excluding hydrogens is 439 g/mol. The smallest absolute Gasteiger partial charge is 0.365 e. The van der Waals surface area contributed by atoms with Crippen LogP contribution in [0.2, 0.25) is 5.02 Å². The fraction of sp³-hybridized carbons (Fsp3) is 0.400. The third kappa shape index (κ3) is 4.73. The molecule has 162 valence electrons. The fourth-order valence-electron chi connectivity index (χ4n) is 3.59. The van der Waals surface area contributed by atoms with E-state index in [-0.39, 0.29) is 11.7 Å². The maximum Gasteiger partial charge on any atom is 0.417 e. The van der Waals surface area contributed by atoms with Gasteiger partial charge in [-0.2, -0.15) is 13.2 Å². The average molecular weight is 460 g/mol. The Balaban J connectivity index is 1.86. The summed E-state index contributed by atoms with van der Waals surface area (Å²) in [6.07, 6.45) is -2.27. The summed E-state index contributed by atoms with van der Waals surface area (Å²) in [7, 11) is 1.59. The van der Waals surface area contributed by atoms with E-state index in [1.54, 1.807) is 13.1 Å². The normalized spacial score (nSPS) is 19.0. The maximum absolute atomic E-state index is 13.1. The van der Waals surface area contributed by atoms with Crippen molar-refractivity contribution in [1.29, 1.82) is 0 Å². The molecule has 1 aromatic carbocycles. The Bertz CT molecular complexity index is 977. The van der Waals surface area contributed by atoms with Crippen LogP contribution in [-0.4, -0.2) is 23.9 Å². The number of benzene rings is 1. The number of primary amides is 1. The summed E-state index contributed by atoms with van der Waals surface area (Å²) in [6.45, 7) is 2.08. The van der Waals surface area contributed by atoms with Gasteiger partial charge in [-0.3, -0.25) is 4.79 Å². The van der Waals surface area contributed by atoms with Gasteiger partial charge in [0.05, 0.1) is 21.5 Å². The number of hydrogen-bond acceptors (Lipinski definition) is 3. The summed E-state index contributed by atoms with van der Waals surface area (Å²) < 4.78 is 39.3. The van der Waals surface area contributed by atoms with Crippen LogP contribution in [0.25, 0.3) is 0 Å². The molecule has 1 aliphatic carbocycles. The number of aryl methyl sites for hydroxylation is 1. The first-order valence-electron chi connectivity index (χ1n) is 9.30. The standard InChI is InChI=1S/C20H21ClF3N3O2S/c1-10-3-6-16-12(9-17(30-16)18(25)28)15(7-10)27(2)19(29)26-11-4-5-14(21)13(8-11)20(22,23)24/h4-5,8-10,15H,3,6-7H2,1-2H3,(H2,25,28)(H,26,29). The number of nitrogens with two attached hydrogens (primary N) is 1. The van der Waals surface area contributed by atoms with Gasteiger partial charge in [0.1, 0.15) is 0 Å². The highest BCUT2D eigenvalue weighted by molar-refractivity contribution is 7.14. The SMILES string of the molecule is CC1CCc2sc(C(N)=O)cc2C(N(C)C(=O)Nc2ccc(Cl)c(C(F)(F)F)c2)C1. The Kier molecular flexibility index (Phi) is 6.33. The van der Waals surface area contributed by atoms with Crippen molar-refractivity contribution in [1.82, 2.24) is 4.90 Å². The van der Waals surface area contributed by atoms with Gasteiger partial charge >= 0.3 is 12.2 Å². The van der Waals surface area contributed by atoms with Gasteiger partial charge in [0.2, 0.25) is 0 Å². The van der Waals surface area contributed by atoms with E-state index >= 15 is 0 Å². The minimum atomic E-state index is -4.63. The Morgan fingerprint density at radius 1 is 1.30 bits per heavy atom. The number of amides is 3. The molecule has 5 nitrogen and oxygen atoms in total. The van der Waals surface area contributed by atoms with Crippen molar-refractivity contribution in [3.8, 4) is 0 Å². The average Bonchev–Trinajstić information content (AvgIpc) is 3.02. The zero-order valence-corrected chi connectivity index (χ0v) is 17.9. The molecule has 0 aliphatic heterocycles. The number of carbonyl (C=O) groups excluding carboxylic acids is 2. The number of nitrogens with zero attached hydrogens (tertiary/aromatic N) is 1. The van der Waals surface area contributed by atoms with Crippen molar-refractivity contribution >= 4 is 40.6 Å². The lowest BCUT2D eigenvalue weighted by molar-refractivity contribution is -0.137. The molecule has 0 bridgehead atoms. The quantitative estimate of drug-likeness (QED) is 0.578. The summed E-state index contributed by atoms with van der Waals surface area (Å²) in [5.41, 5.74) is 5.26. The van der Waals surface area contributed by atoms with Gasteiger partial charge < -0.3 is 16.0 Å². The number of rotatable bonds is 3. The first-order chi connectivity index (χ1) is 14.0. The molecule has 0 saturated heterocycles. The summed E-state index contributed by atoms with van der Waals surface area (Å²) in [4.78, 5) is 27.3. The highest BCUT2D eigenvalue weighted by atomic mass is 35.5. The van der Waals surface area contributed by atoms with E-state index < -0.39 is 28.7 Å². The number of anilines is 1. The molecule has 30 heavy (non-hydrogen) atoms. The van der Waals surface area contributed by atoms with Crippen LogP contribution in [0.5, 0.6) is 0 Å². The highest BCUT2D eigenvalue weighted by Crippen LogP contribution is 2.40. The van der Waals surface area contributed by atoms with Crippen molar-refractivity contribution in [3.05, 3.63) is 50.2 Å². The summed E-state index contributed by atoms with van der Waals surface area (Å²) in [5.74, 6) is -0.193. The lowest BCUT2D eigenvalue weighted by Gasteiger charge is -2.29. The Hall–Kier alpha value is -2.26. The predicted molar refractivity (Wildman–Crippen MR) is 111 cm³/mol. The van der Waals surface area contributed by atoms with Crippen molar-refractivity contribution in [2.24, 2.45) is 11.7 Å². The number of fused-ring (bicyclic) bond motifs is 1. The summed E-state index contributed by atoms with van der Waals surface area (Å²) >= 11 is 6.97. The lowest BCUT2D eigenvalue weighted by atomic mass is 9.97. The van der Waals surface area contributed by atoms with Crippen LogP contribution in [0.3, 0.4) is 0 Å². The van der Waals surface area contributed by atoms with E-state index in [2.05, 4.69) is 12.2 Å². The van der Waals surface area contributed by atoms with E-state index in [0.717, 1.165) is 35.4 Å². The van der Waals surface area contributed by atoms with Gasteiger partial charge in [-0.15, -0.1) is 11.3 Å². The number of urea groups is 1. The number of carbonyl (C=O) groups is 2. The van der Waals surface area contributed by atoms with Crippen LogP contribution in [0.15, 0.2) is 24.3 Å². The zero-order chi connectivity index (χ0) is 22.2. The van der Waals surface area contributed by atoms with Gasteiger partial charge in [0, 0.05) is 17.6 Å². The number of alkyl halides is 3. The van der Waals surface area contributed by atoms with Gasteiger partial charge in [-0.05, 0) is 55.0 Å². The third-order valence-electron chi connectivity index (χ3n) is 5.24. The number of hydrogen-bond donors (Lipinski definition) is 2. The molecule has 2 atom stereocenters. The van der Waals surface area contributed by atoms with Crippen molar-refractivity contribution < 1.29 is 22.8 Å². The molecule has 2 aromatic rings. The molecule has 0 spiro atoms. The number of thiophene rings is 1. The van der Waals surface area contributed by atoms with Crippen LogP contribution >= 0.6 is 22.9 Å². The molecule has 10 heteroatoms. The van der Waals surface area contributed by atoms with E-state index in [9.17, 15) is 22.8 Å². The number of nitrogens with one attached hydrogen (secondary N) is 1. The summed E-state index contributed by atoms with van der Waals surface area (Å²) in [5, 5.41) is 2.08. The molecule has 3 rings (SSSR count). The minimum absolute atomic E-state index is 0.00591. The second-order valence-corrected chi connectivity index (χ2v) is 9.03. The predicted octanol–water partition coefficient (Wildman–Crippen LogP) is 5.70. The first kappa shape index (κ1) is 22.4. The molecule has 0 fully saturated rings. The molecule has 0 radical (unpaired) electrons. The van der Waals surface area contributed by atoms with Gasteiger partial charge in [0.15, 0.2) is 0 Å². The summed E-state index contributed by atoms with van der Waals surface area (Å²) in [6, 6.07) is 4.08. The Morgan fingerprint density at radius 2 is 2.00 bits per heavy atom. The highest BCUT2D eigenvalue weighted by Gasteiger charge is 2.34. The second-order valence-electron chi connectivity index (χ2n) is 7.48. The van der Waals surface area contributed by atoms with E-state index in [1.807, 2.05) is 0 Å². The van der Waals surface area contributed by atoms with Crippen molar-refractivity contribution in [2.75, 3.05) is 12.4 Å². The topological polar surface area (TPSA) is 75.4 Å². The van der Waals surface area contributed by atoms with E-state index in [0.29, 0.717) is 17.2 Å². The second kappa shape index (κ2) is 8.47. The van der Waals surface area contributed by atoms with Crippen LogP contribution in [-0.2, 0) is 12.6 Å². The lowest BCUT2D eigenvalue weighted by Crippen LogP contribution is -2.35. The van der Waals surface area contributed by atoms with Crippen LogP contribution in [0, 0.1) is 5.92 Å². The third-order valence-corrected chi connectivity index (χ3v) is 6.80. The monoisotopic (exact) mass is 459 g/mol. The van der Waals surface area contributed by atoms with E-state index in [1.165, 1.54) is 22.3 Å². The maximum atomic E-state index is 13.1. The van der Waals surface area contributed by atoms with Crippen LogP contribution in [0.4, 0.5) is 23.7 Å². The first-order valence-corrected chi connectivity index (χ1v) is 10.5. The molecule has 1 heterocycles. The van der Waals surface area contributed by atoms with Crippen molar-refractivity contribution in [2.45, 2.75) is 38.4 Å². The molecule has 0 saturated carbocycles. The molecule has 1 aromatic heterocycles. The van der Waals surface area contributed by atoms with Crippen molar-refractivity contribution in [3.63, 3.8) is 0 Å². The molecular formula is C20H21ClF3N3O2S. The van der Waals surface area contributed by atoms with Gasteiger partial charge in [-0.25, -0.2) is 4.79 Å². The Labute approximate surface area is 181 Å². The molecule has 3 N–H and O–H groups in total. The fourth-order valence-corrected chi connectivity index (χ4v) is 4.89. The van der Waals surface area contributed by atoms with E-state index in [4.69, 9.17) is 17.3 Å². The zero-order valence-electron chi connectivity index (χ0n) is 16.3. The Morgan fingerprint density at radius 3 is 2.63 bits per heavy atom. The molecule has 3 amide bonds. The van der Waals surface area contributed by atoms with Crippen LogP contribution in [0.1, 0.15) is 51.5 Å². The van der Waals surface area contributed by atoms with Gasteiger partial charge in [0.25, 0.3) is 5.91 Å². The minimum Gasteiger partial charge on any atom is -0.365 e. The van der Waals surface area contributed by atoms with Crippen LogP contribution < -0.4 is 11.1 Å². The van der Waals surface area contributed by atoms with Gasteiger partial charge in [-0.1, -0.05) is 18.5 Å². The molecule has 1 aliphatic rings. The molecule has 2 unspecified atom stereocenters.